The van der Waals surface area contributed by atoms with Gasteiger partial charge in [0, 0.05) is 28.6 Å². The quantitative estimate of drug-likeness (QED) is 0.593. The maximum absolute atomic E-state index is 10.7. The van der Waals surface area contributed by atoms with Gasteiger partial charge in [0.25, 0.3) is 0 Å². The molecule has 0 aromatic rings. The van der Waals surface area contributed by atoms with Crippen LogP contribution >= 0.6 is 22.6 Å². The lowest BCUT2D eigenvalue weighted by atomic mass is 9.80. The molecule has 12 heavy (non-hydrogen) atoms. The molecule has 3 N–H and O–H groups in total. The second-order valence-electron chi connectivity index (χ2n) is 3.45. The molecule has 1 fully saturated rings. The van der Waals surface area contributed by atoms with Gasteiger partial charge in [0.05, 0.1) is 0 Å². The highest BCUT2D eigenvalue weighted by Gasteiger charge is 2.26. The van der Waals surface area contributed by atoms with E-state index in [1.807, 2.05) is 0 Å². The molecule has 0 saturated heterocycles. The number of carbonyl (C=O) groups is 1. The van der Waals surface area contributed by atoms with E-state index in [0.717, 1.165) is 6.42 Å². The van der Waals surface area contributed by atoms with Gasteiger partial charge < -0.3 is 10.8 Å². The molecule has 2 atom stereocenters. The summed E-state index contributed by atoms with van der Waals surface area (Å²) in [6.07, 6.45) is 3.50. The first-order chi connectivity index (χ1) is 5.61. The van der Waals surface area contributed by atoms with Gasteiger partial charge in [-0.3, -0.25) is 4.79 Å². The minimum Gasteiger partial charge on any atom is -0.383 e. The Morgan fingerprint density at radius 3 is 2.58 bits per heavy atom. The number of hydrogen-bond donors (Lipinski definition) is 2. The van der Waals surface area contributed by atoms with Crippen LogP contribution in [0.3, 0.4) is 0 Å². The van der Waals surface area contributed by atoms with E-state index in [1.165, 1.54) is 19.3 Å². The number of halogens is 1. The fourth-order valence-electron chi connectivity index (χ4n) is 1.41. The predicted molar refractivity (Wildman–Crippen MR) is 55.0 cm³/mol. The SMILES string of the molecule is NC(CC1CCC1)C(O)C(=O)I. The Hall–Kier alpha value is 0.320. The van der Waals surface area contributed by atoms with Crippen molar-refractivity contribution in [3.8, 4) is 0 Å². The zero-order valence-electron chi connectivity index (χ0n) is 6.87. The van der Waals surface area contributed by atoms with Crippen molar-refractivity contribution in [2.75, 3.05) is 0 Å². The van der Waals surface area contributed by atoms with Gasteiger partial charge in [-0.1, -0.05) is 19.3 Å². The first kappa shape index (κ1) is 10.4. The van der Waals surface area contributed by atoms with Crippen LogP contribution in [0.25, 0.3) is 0 Å². The monoisotopic (exact) mass is 283 g/mol. The summed E-state index contributed by atoms with van der Waals surface area (Å²) in [5.41, 5.74) is 5.65. The molecule has 0 aromatic carbocycles. The largest absolute Gasteiger partial charge is 0.383 e. The number of aliphatic hydroxyl groups is 1. The summed E-state index contributed by atoms with van der Waals surface area (Å²) in [4.78, 5) is 10.7. The molecule has 0 aliphatic heterocycles. The Bertz CT molecular complexity index is 170. The maximum Gasteiger partial charge on any atom is 0.222 e. The molecule has 4 heteroatoms. The molecule has 1 rings (SSSR count). The molecule has 1 aliphatic rings. The average Bonchev–Trinajstić information content (AvgIpc) is 1.94. The molecular weight excluding hydrogens is 269 g/mol. The van der Waals surface area contributed by atoms with Crippen molar-refractivity contribution >= 4 is 26.4 Å². The highest BCUT2D eigenvalue weighted by molar-refractivity contribution is 14.1. The van der Waals surface area contributed by atoms with Crippen LogP contribution in [0.5, 0.6) is 0 Å². The molecule has 0 aromatic heterocycles. The number of hydrogen-bond acceptors (Lipinski definition) is 3. The Labute approximate surface area is 85.8 Å². The highest BCUT2D eigenvalue weighted by Crippen LogP contribution is 2.30. The minimum atomic E-state index is -0.966. The van der Waals surface area contributed by atoms with Crippen LogP contribution in [0.2, 0.25) is 0 Å². The predicted octanol–water partition coefficient (Wildman–Crippen LogP) is 0.826. The van der Waals surface area contributed by atoms with Gasteiger partial charge in [0.1, 0.15) is 6.10 Å². The Balaban J connectivity index is 2.25. The maximum atomic E-state index is 10.7. The third-order valence-electron chi connectivity index (χ3n) is 2.47. The molecule has 1 saturated carbocycles. The van der Waals surface area contributed by atoms with Crippen molar-refractivity contribution in [1.29, 1.82) is 0 Å². The van der Waals surface area contributed by atoms with E-state index in [1.54, 1.807) is 22.6 Å². The number of carbonyl (C=O) groups excluding carboxylic acids is 1. The summed E-state index contributed by atoms with van der Waals surface area (Å²) < 4.78 is -0.251. The fraction of sp³-hybridized carbons (Fsp3) is 0.875. The van der Waals surface area contributed by atoms with Gasteiger partial charge in [-0.05, 0) is 12.3 Å². The molecule has 3 nitrogen and oxygen atoms in total. The van der Waals surface area contributed by atoms with Crippen molar-refractivity contribution < 1.29 is 9.90 Å². The number of aliphatic hydroxyl groups excluding tert-OH is 1. The molecule has 2 unspecified atom stereocenters. The zero-order valence-corrected chi connectivity index (χ0v) is 9.03. The number of nitrogens with two attached hydrogens (primary N) is 1. The lowest BCUT2D eigenvalue weighted by Crippen LogP contribution is -2.40. The third-order valence-corrected chi connectivity index (χ3v) is 3.11. The average molecular weight is 283 g/mol. The summed E-state index contributed by atoms with van der Waals surface area (Å²) in [5, 5.41) is 9.28. The molecular formula is C8H14INO2. The lowest BCUT2D eigenvalue weighted by Gasteiger charge is -2.29. The van der Waals surface area contributed by atoms with Crippen molar-refractivity contribution in [3.05, 3.63) is 0 Å². The van der Waals surface area contributed by atoms with E-state index in [-0.39, 0.29) is 9.83 Å². The van der Waals surface area contributed by atoms with Crippen molar-refractivity contribution in [2.45, 2.75) is 37.8 Å². The Morgan fingerprint density at radius 1 is 1.67 bits per heavy atom. The van der Waals surface area contributed by atoms with Gasteiger partial charge in [0.15, 0.2) is 0 Å². The topological polar surface area (TPSA) is 63.3 Å². The van der Waals surface area contributed by atoms with E-state index in [0.29, 0.717) is 5.92 Å². The molecule has 0 heterocycles. The third kappa shape index (κ3) is 2.67. The van der Waals surface area contributed by atoms with Crippen molar-refractivity contribution in [3.63, 3.8) is 0 Å². The van der Waals surface area contributed by atoms with Crippen LogP contribution in [0, 0.1) is 5.92 Å². The van der Waals surface area contributed by atoms with Gasteiger partial charge >= 0.3 is 0 Å². The van der Waals surface area contributed by atoms with Gasteiger partial charge in [-0.15, -0.1) is 0 Å². The molecule has 1 aliphatic carbocycles. The molecule has 0 bridgehead atoms. The summed E-state index contributed by atoms with van der Waals surface area (Å²) >= 11 is 1.59. The summed E-state index contributed by atoms with van der Waals surface area (Å²) in [6.45, 7) is 0. The lowest BCUT2D eigenvalue weighted by molar-refractivity contribution is -0.117. The molecule has 0 radical (unpaired) electrons. The summed E-state index contributed by atoms with van der Waals surface area (Å²) in [6, 6.07) is -0.361. The molecule has 0 spiro atoms. The second kappa shape index (κ2) is 4.53. The van der Waals surface area contributed by atoms with Gasteiger partial charge in [-0.25, -0.2) is 0 Å². The fourth-order valence-corrected chi connectivity index (χ4v) is 1.87. The molecule has 0 amide bonds. The van der Waals surface area contributed by atoms with Crippen LogP contribution in [0.4, 0.5) is 0 Å². The Kier molecular flexibility index (Phi) is 3.92. The van der Waals surface area contributed by atoms with Crippen LogP contribution in [-0.4, -0.2) is 21.0 Å². The standard InChI is InChI=1S/C8H14INO2/c9-8(12)7(11)6(10)4-5-2-1-3-5/h5-7,11H,1-4,10H2. The second-order valence-corrected chi connectivity index (χ2v) is 4.51. The van der Waals surface area contributed by atoms with Gasteiger partial charge in [-0.2, -0.15) is 0 Å². The van der Waals surface area contributed by atoms with Crippen LogP contribution in [0.15, 0.2) is 0 Å². The molecule has 70 valence electrons. The summed E-state index contributed by atoms with van der Waals surface area (Å²) in [5.74, 6) is 0.644. The van der Waals surface area contributed by atoms with Crippen LogP contribution in [-0.2, 0) is 4.79 Å². The van der Waals surface area contributed by atoms with Crippen molar-refractivity contribution in [1.82, 2.24) is 0 Å². The van der Waals surface area contributed by atoms with Gasteiger partial charge in [0.2, 0.25) is 3.79 Å². The Morgan fingerprint density at radius 2 is 2.25 bits per heavy atom. The first-order valence-corrected chi connectivity index (χ1v) is 5.32. The van der Waals surface area contributed by atoms with Crippen LogP contribution in [0.1, 0.15) is 25.7 Å². The normalized spacial score (nSPS) is 22.9. The van der Waals surface area contributed by atoms with Crippen molar-refractivity contribution in [2.24, 2.45) is 11.7 Å². The van der Waals surface area contributed by atoms with E-state index in [9.17, 15) is 9.90 Å². The van der Waals surface area contributed by atoms with E-state index in [2.05, 4.69) is 0 Å². The smallest absolute Gasteiger partial charge is 0.222 e. The zero-order chi connectivity index (χ0) is 9.14. The van der Waals surface area contributed by atoms with E-state index < -0.39 is 6.10 Å². The number of rotatable bonds is 4. The van der Waals surface area contributed by atoms with E-state index in [4.69, 9.17) is 5.73 Å². The van der Waals surface area contributed by atoms with E-state index >= 15 is 0 Å². The summed E-state index contributed by atoms with van der Waals surface area (Å²) in [7, 11) is 0. The minimum absolute atomic E-state index is 0.251. The van der Waals surface area contributed by atoms with Crippen LogP contribution < -0.4 is 5.73 Å². The first-order valence-electron chi connectivity index (χ1n) is 4.24. The highest BCUT2D eigenvalue weighted by atomic mass is 127.